The minimum atomic E-state index is -0.958. The van der Waals surface area contributed by atoms with Gasteiger partial charge < -0.3 is 14.6 Å². The lowest BCUT2D eigenvalue weighted by molar-refractivity contribution is -0.132. The number of carbonyl (C=O) groups excluding carboxylic acids is 2. The lowest BCUT2D eigenvalue weighted by atomic mass is 9.94. The van der Waals surface area contributed by atoms with Crippen molar-refractivity contribution in [3.05, 3.63) is 95.3 Å². The monoisotopic (exact) mass is 433 g/mol. The van der Waals surface area contributed by atoms with Gasteiger partial charge in [-0.2, -0.15) is 0 Å². The molecular weight excluding hydrogens is 413 g/mol. The summed E-state index contributed by atoms with van der Waals surface area (Å²) in [6, 6.07) is 17.8. The first-order valence-corrected chi connectivity index (χ1v) is 9.80. The summed E-state index contributed by atoms with van der Waals surface area (Å²) in [5.41, 5.74) is 1.16. The van der Waals surface area contributed by atoms with E-state index in [0.29, 0.717) is 28.3 Å². The van der Waals surface area contributed by atoms with Crippen LogP contribution < -0.4 is 14.4 Å². The van der Waals surface area contributed by atoms with Crippen molar-refractivity contribution in [2.45, 2.75) is 6.04 Å². The number of ketones is 1. The van der Waals surface area contributed by atoms with Crippen LogP contribution >= 0.6 is 0 Å². The maximum Gasteiger partial charge on any atom is 0.300 e. The van der Waals surface area contributed by atoms with Crippen molar-refractivity contribution in [3.63, 3.8) is 0 Å². The van der Waals surface area contributed by atoms with Gasteiger partial charge in [-0.05, 0) is 42.0 Å². The lowest BCUT2D eigenvalue weighted by Crippen LogP contribution is -2.29. The standard InChI is InChI=1S/C25H20FNO5/c1-31-19-13-8-16(14-20(19)32-2)22-21(23(28)15-6-4-3-5-7-15)24(29)25(30)27(22)18-11-9-17(26)10-12-18/h3-14,22,28H,1-2H3/b23-21+. The largest absolute Gasteiger partial charge is 0.507 e. The number of Topliss-reactive ketones (excluding diaryl/α,β-unsaturated/α-hetero) is 1. The highest BCUT2D eigenvalue weighted by molar-refractivity contribution is 6.51. The molecule has 1 aliphatic rings. The van der Waals surface area contributed by atoms with E-state index in [1.165, 1.54) is 43.4 Å². The van der Waals surface area contributed by atoms with Gasteiger partial charge in [0.2, 0.25) is 0 Å². The Hall–Kier alpha value is -4.13. The number of nitrogens with zero attached hydrogens (tertiary/aromatic N) is 1. The molecule has 1 unspecified atom stereocenters. The van der Waals surface area contributed by atoms with Crippen molar-refractivity contribution in [1.82, 2.24) is 0 Å². The number of carbonyl (C=O) groups is 2. The summed E-state index contributed by atoms with van der Waals surface area (Å²) in [5.74, 6) is -1.57. The van der Waals surface area contributed by atoms with E-state index in [2.05, 4.69) is 0 Å². The molecule has 1 heterocycles. The Morgan fingerprint density at radius 1 is 0.906 bits per heavy atom. The fourth-order valence-corrected chi connectivity index (χ4v) is 3.79. The Balaban J connectivity index is 1.96. The van der Waals surface area contributed by atoms with Crippen LogP contribution in [0.15, 0.2) is 78.4 Å². The van der Waals surface area contributed by atoms with Gasteiger partial charge in [-0.15, -0.1) is 0 Å². The maximum absolute atomic E-state index is 13.5. The second-order valence-electron chi connectivity index (χ2n) is 7.13. The van der Waals surface area contributed by atoms with Crippen LogP contribution in [-0.2, 0) is 9.59 Å². The zero-order valence-electron chi connectivity index (χ0n) is 17.4. The molecule has 1 amide bonds. The quantitative estimate of drug-likeness (QED) is 0.365. The van der Waals surface area contributed by atoms with Gasteiger partial charge in [0, 0.05) is 11.3 Å². The Morgan fingerprint density at radius 2 is 1.56 bits per heavy atom. The molecule has 3 aromatic rings. The fourth-order valence-electron chi connectivity index (χ4n) is 3.79. The maximum atomic E-state index is 13.5. The first-order chi connectivity index (χ1) is 15.5. The number of aliphatic hydroxyl groups is 1. The number of benzene rings is 3. The third-order valence-electron chi connectivity index (χ3n) is 5.32. The molecule has 1 aliphatic heterocycles. The normalized spacial score (nSPS) is 17.5. The van der Waals surface area contributed by atoms with Gasteiger partial charge >= 0.3 is 0 Å². The number of amides is 1. The van der Waals surface area contributed by atoms with Gasteiger partial charge in [0.25, 0.3) is 11.7 Å². The van der Waals surface area contributed by atoms with E-state index in [1.807, 2.05) is 0 Å². The molecule has 4 rings (SSSR count). The van der Waals surface area contributed by atoms with Crippen molar-refractivity contribution in [1.29, 1.82) is 0 Å². The van der Waals surface area contributed by atoms with Gasteiger partial charge in [-0.25, -0.2) is 4.39 Å². The predicted molar refractivity (Wildman–Crippen MR) is 117 cm³/mol. The average molecular weight is 433 g/mol. The number of rotatable bonds is 5. The molecule has 1 atom stereocenters. The molecule has 0 aliphatic carbocycles. The molecule has 1 fully saturated rings. The molecular formula is C25H20FNO5. The van der Waals surface area contributed by atoms with E-state index < -0.39 is 23.5 Å². The molecule has 32 heavy (non-hydrogen) atoms. The van der Waals surface area contributed by atoms with E-state index in [1.54, 1.807) is 48.5 Å². The van der Waals surface area contributed by atoms with Crippen LogP contribution in [0.2, 0.25) is 0 Å². The minimum Gasteiger partial charge on any atom is -0.507 e. The number of halogens is 1. The molecule has 1 N–H and O–H groups in total. The Bertz CT molecular complexity index is 1200. The van der Waals surface area contributed by atoms with E-state index in [4.69, 9.17) is 9.47 Å². The highest BCUT2D eigenvalue weighted by Crippen LogP contribution is 2.44. The van der Waals surface area contributed by atoms with Crippen molar-refractivity contribution < 1.29 is 28.6 Å². The molecule has 0 radical (unpaired) electrons. The smallest absolute Gasteiger partial charge is 0.300 e. The van der Waals surface area contributed by atoms with Crippen LogP contribution in [0.4, 0.5) is 10.1 Å². The summed E-state index contributed by atoms with van der Waals surface area (Å²) in [5, 5.41) is 11.0. The zero-order valence-corrected chi connectivity index (χ0v) is 17.4. The summed E-state index contributed by atoms with van der Waals surface area (Å²) >= 11 is 0. The molecule has 1 saturated heterocycles. The number of anilines is 1. The summed E-state index contributed by atoms with van der Waals surface area (Å²) in [6.45, 7) is 0. The molecule has 0 saturated carbocycles. The summed E-state index contributed by atoms with van der Waals surface area (Å²) in [6.07, 6.45) is 0. The number of ether oxygens (including phenoxy) is 2. The van der Waals surface area contributed by atoms with Crippen LogP contribution in [-0.4, -0.2) is 31.0 Å². The average Bonchev–Trinajstić information content (AvgIpc) is 3.09. The second-order valence-corrected chi connectivity index (χ2v) is 7.13. The summed E-state index contributed by atoms with van der Waals surface area (Å²) in [7, 11) is 2.97. The minimum absolute atomic E-state index is 0.0715. The third kappa shape index (κ3) is 3.58. The number of aliphatic hydroxyl groups excluding tert-OH is 1. The van der Waals surface area contributed by atoms with Crippen LogP contribution in [0, 0.1) is 5.82 Å². The van der Waals surface area contributed by atoms with E-state index in [-0.39, 0.29) is 11.3 Å². The summed E-state index contributed by atoms with van der Waals surface area (Å²) in [4.78, 5) is 27.4. The van der Waals surface area contributed by atoms with Gasteiger partial charge in [-0.1, -0.05) is 36.4 Å². The molecule has 0 aromatic heterocycles. The molecule has 6 nitrogen and oxygen atoms in total. The van der Waals surface area contributed by atoms with Gasteiger partial charge in [0.05, 0.1) is 25.8 Å². The highest BCUT2D eigenvalue weighted by atomic mass is 19.1. The topological polar surface area (TPSA) is 76.1 Å². The molecule has 162 valence electrons. The van der Waals surface area contributed by atoms with Crippen molar-refractivity contribution in [3.8, 4) is 11.5 Å². The Labute approximate surface area is 184 Å². The van der Waals surface area contributed by atoms with Gasteiger partial charge in [0.15, 0.2) is 11.5 Å². The van der Waals surface area contributed by atoms with Gasteiger partial charge in [-0.3, -0.25) is 14.5 Å². The van der Waals surface area contributed by atoms with Crippen LogP contribution in [0.25, 0.3) is 5.76 Å². The molecule has 7 heteroatoms. The van der Waals surface area contributed by atoms with E-state index >= 15 is 0 Å². The highest BCUT2D eigenvalue weighted by Gasteiger charge is 2.47. The third-order valence-corrected chi connectivity index (χ3v) is 5.32. The SMILES string of the molecule is COc1ccc(C2/C(=C(\O)c3ccccc3)C(=O)C(=O)N2c2ccc(F)cc2)cc1OC. The first kappa shape index (κ1) is 21.1. The van der Waals surface area contributed by atoms with Crippen LogP contribution in [0.3, 0.4) is 0 Å². The molecule has 3 aromatic carbocycles. The van der Waals surface area contributed by atoms with Crippen LogP contribution in [0.1, 0.15) is 17.2 Å². The van der Waals surface area contributed by atoms with E-state index in [0.717, 1.165) is 0 Å². The number of methoxy groups -OCH3 is 2. The Kier molecular flexibility index (Phi) is 5.64. The second kappa shape index (κ2) is 8.55. The lowest BCUT2D eigenvalue weighted by Gasteiger charge is -2.26. The first-order valence-electron chi connectivity index (χ1n) is 9.80. The van der Waals surface area contributed by atoms with Crippen LogP contribution in [0.5, 0.6) is 11.5 Å². The summed E-state index contributed by atoms with van der Waals surface area (Å²) < 4.78 is 24.2. The Morgan fingerprint density at radius 3 is 2.19 bits per heavy atom. The molecule has 0 spiro atoms. The molecule has 0 bridgehead atoms. The zero-order chi connectivity index (χ0) is 22.8. The van der Waals surface area contributed by atoms with Crippen molar-refractivity contribution >= 4 is 23.1 Å². The van der Waals surface area contributed by atoms with Crippen molar-refractivity contribution in [2.75, 3.05) is 19.1 Å². The number of hydrogen-bond donors (Lipinski definition) is 1. The van der Waals surface area contributed by atoms with E-state index in [9.17, 15) is 19.1 Å². The predicted octanol–water partition coefficient (Wildman–Crippen LogP) is 4.47. The van der Waals surface area contributed by atoms with Crippen molar-refractivity contribution in [2.24, 2.45) is 0 Å². The fraction of sp³-hybridized carbons (Fsp3) is 0.120. The number of hydrogen-bond acceptors (Lipinski definition) is 5. The van der Waals surface area contributed by atoms with Gasteiger partial charge in [0.1, 0.15) is 11.6 Å².